The summed E-state index contributed by atoms with van der Waals surface area (Å²) in [5.41, 5.74) is 0.903. The minimum absolute atomic E-state index is 0.0904. The lowest BCUT2D eigenvalue weighted by Crippen LogP contribution is -2.16. The van der Waals surface area contributed by atoms with Crippen molar-refractivity contribution in [2.75, 3.05) is 0 Å². The number of rotatable bonds is 3. The normalized spacial score (nSPS) is 11.7. The van der Waals surface area contributed by atoms with E-state index in [4.69, 9.17) is 6.42 Å². The highest BCUT2D eigenvalue weighted by Crippen LogP contribution is 2.28. The van der Waals surface area contributed by atoms with E-state index in [2.05, 4.69) is 10.9 Å². The van der Waals surface area contributed by atoms with Gasteiger partial charge in [-0.1, -0.05) is 58.9 Å². The Hall–Kier alpha value is -3.28. The summed E-state index contributed by atoms with van der Waals surface area (Å²) in [6, 6.07) is 14.7. The van der Waals surface area contributed by atoms with E-state index in [9.17, 15) is 14.9 Å². The number of aromatic nitrogens is 1. The number of hydrogen-bond acceptors (Lipinski definition) is 5. The molecule has 0 aliphatic carbocycles. The molecule has 0 atom stereocenters. The second kappa shape index (κ2) is 6.79. The maximum Gasteiger partial charge on any atom is 0.324 e. The van der Waals surface area contributed by atoms with Crippen molar-refractivity contribution in [1.29, 1.82) is 0 Å². The molecule has 132 valence electrons. The van der Waals surface area contributed by atoms with E-state index in [0.717, 1.165) is 32.3 Å². The predicted octanol–water partition coefficient (Wildman–Crippen LogP) is 4.20. The Morgan fingerprint density at radius 1 is 1.19 bits per heavy atom. The van der Waals surface area contributed by atoms with Gasteiger partial charge in [0, 0.05) is 11.5 Å². The number of hydrogen-bond donors (Lipinski definition) is 0. The van der Waals surface area contributed by atoms with Crippen LogP contribution in [-0.2, 0) is 6.54 Å². The van der Waals surface area contributed by atoms with Gasteiger partial charge in [-0.25, -0.2) is 0 Å². The van der Waals surface area contributed by atoms with Crippen molar-refractivity contribution in [3.63, 3.8) is 0 Å². The molecule has 6 nitrogen and oxygen atoms in total. The summed E-state index contributed by atoms with van der Waals surface area (Å²) in [7, 11) is 0. The summed E-state index contributed by atoms with van der Waals surface area (Å²) >= 11 is 2.19. The molecule has 8 heteroatoms. The number of terminal acetylenes is 1. The van der Waals surface area contributed by atoms with Gasteiger partial charge >= 0.3 is 5.00 Å². The summed E-state index contributed by atoms with van der Waals surface area (Å²) in [5.74, 6) is 2.08. The van der Waals surface area contributed by atoms with Crippen LogP contribution in [0.4, 0.5) is 5.00 Å². The number of fused-ring (bicyclic) bond motifs is 3. The Labute approximate surface area is 161 Å². The van der Waals surface area contributed by atoms with Crippen molar-refractivity contribution in [3.05, 3.63) is 68.3 Å². The molecule has 0 aliphatic rings. The van der Waals surface area contributed by atoms with Gasteiger partial charge in [-0.15, -0.1) is 6.42 Å². The minimum atomic E-state index is -0.522. The molecular formula is C19H11N3O3S2. The van der Waals surface area contributed by atoms with Gasteiger partial charge in [-0.3, -0.25) is 14.9 Å². The minimum Gasteiger partial charge on any atom is -0.305 e. The SMILES string of the molecule is C#CCn1c(=NC(=O)c2ccc([N+](=O)[O-])s2)sc2c3ccccc3ccc21. The molecule has 0 saturated carbocycles. The summed E-state index contributed by atoms with van der Waals surface area (Å²) in [6.07, 6.45) is 5.51. The smallest absolute Gasteiger partial charge is 0.305 e. The second-order valence-electron chi connectivity index (χ2n) is 5.62. The van der Waals surface area contributed by atoms with E-state index < -0.39 is 10.8 Å². The lowest BCUT2D eigenvalue weighted by molar-refractivity contribution is -0.380. The van der Waals surface area contributed by atoms with Crippen molar-refractivity contribution >= 4 is 54.6 Å². The number of nitro groups is 1. The highest BCUT2D eigenvalue weighted by Gasteiger charge is 2.16. The van der Waals surface area contributed by atoms with E-state index in [0.29, 0.717) is 4.80 Å². The highest BCUT2D eigenvalue weighted by molar-refractivity contribution is 7.18. The zero-order valence-electron chi connectivity index (χ0n) is 13.8. The van der Waals surface area contributed by atoms with Crippen LogP contribution >= 0.6 is 22.7 Å². The number of nitrogens with zero attached hydrogens (tertiary/aromatic N) is 3. The van der Waals surface area contributed by atoms with Crippen LogP contribution in [0.25, 0.3) is 21.0 Å². The third-order valence-corrected chi connectivity index (χ3v) is 6.16. The van der Waals surface area contributed by atoms with E-state index in [1.54, 1.807) is 0 Å². The standard InChI is InChI=1S/C19H11N3O3S2/c1-2-11-21-14-8-7-12-5-3-4-6-13(12)17(14)27-19(21)20-18(23)15-9-10-16(26-15)22(24)25/h1,3-10H,11H2. The number of benzene rings is 2. The number of carbonyl (C=O) groups excluding carboxylic acids is 1. The van der Waals surface area contributed by atoms with Crippen LogP contribution in [0.1, 0.15) is 9.67 Å². The second-order valence-corrected chi connectivity index (χ2v) is 7.66. The third kappa shape index (κ3) is 3.03. The molecule has 2 aromatic heterocycles. The van der Waals surface area contributed by atoms with Gasteiger partial charge in [0.15, 0.2) is 4.80 Å². The van der Waals surface area contributed by atoms with Crippen LogP contribution in [0.5, 0.6) is 0 Å². The molecule has 0 aliphatic heterocycles. The van der Waals surface area contributed by atoms with Gasteiger partial charge in [0.25, 0.3) is 5.91 Å². The van der Waals surface area contributed by atoms with E-state index in [1.807, 2.05) is 41.0 Å². The maximum atomic E-state index is 12.5. The van der Waals surface area contributed by atoms with Crippen molar-refractivity contribution in [3.8, 4) is 12.3 Å². The third-order valence-electron chi connectivity index (χ3n) is 4.00. The largest absolute Gasteiger partial charge is 0.324 e. The zero-order valence-corrected chi connectivity index (χ0v) is 15.4. The van der Waals surface area contributed by atoms with Gasteiger partial charge in [0.05, 0.1) is 21.7 Å². The van der Waals surface area contributed by atoms with Gasteiger partial charge < -0.3 is 4.57 Å². The molecule has 4 rings (SSSR count). The van der Waals surface area contributed by atoms with Crippen molar-refractivity contribution in [1.82, 2.24) is 4.57 Å². The first-order valence-electron chi connectivity index (χ1n) is 7.86. The zero-order chi connectivity index (χ0) is 19.0. The van der Waals surface area contributed by atoms with Crippen LogP contribution in [0.3, 0.4) is 0 Å². The Morgan fingerprint density at radius 2 is 2.00 bits per heavy atom. The molecule has 2 aromatic carbocycles. The first-order valence-corrected chi connectivity index (χ1v) is 9.49. The quantitative estimate of drug-likeness (QED) is 0.297. The fourth-order valence-corrected chi connectivity index (χ4v) is 4.68. The molecule has 0 saturated heterocycles. The molecule has 1 amide bonds. The summed E-state index contributed by atoms with van der Waals surface area (Å²) in [4.78, 5) is 27.7. The molecule has 0 fully saturated rings. The Morgan fingerprint density at radius 3 is 2.74 bits per heavy atom. The molecular weight excluding hydrogens is 382 g/mol. The fourth-order valence-electron chi connectivity index (χ4n) is 2.81. The van der Waals surface area contributed by atoms with Gasteiger partial charge in [-0.05, 0) is 17.5 Å². The Kier molecular flexibility index (Phi) is 4.32. The molecule has 0 bridgehead atoms. The lowest BCUT2D eigenvalue weighted by Gasteiger charge is -2.01. The fraction of sp³-hybridized carbons (Fsp3) is 0.0526. The Bertz CT molecular complexity index is 1320. The molecule has 0 radical (unpaired) electrons. The average Bonchev–Trinajstić information content (AvgIpc) is 3.28. The van der Waals surface area contributed by atoms with Gasteiger partial charge in [0.1, 0.15) is 4.88 Å². The van der Waals surface area contributed by atoms with E-state index in [1.165, 1.54) is 23.5 Å². The number of thiazole rings is 1. The van der Waals surface area contributed by atoms with E-state index in [-0.39, 0.29) is 16.4 Å². The van der Waals surface area contributed by atoms with Crippen LogP contribution in [0.15, 0.2) is 53.5 Å². The molecule has 0 N–H and O–H groups in total. The molecule has 2 heterocycles. The van der Waals surface area contributed by atoms with Crippen molar-refractivity contribution in [2.24, 2.45) is 4.99 Å². The summed E-state index contributed by atoms with van der Waals surface area (Å²) in [6.45, 7) is 0.273. The van der Waals surface area contributed by atoms with Crippen molar-refractivity contribution < 1.29 is 9.72 Å². The number of thiophene rings is 1. The lowest BCUT2D eigenvalue weighted by atomic mass is 10.1. The molecule has 0 spiro atoms. The maximum absolute atomic E-state index is 12.5. The first-order chi connectivity index (χ1) is 13.1. The number of amides is 1. The van der Waals surface area contributed by atoms with Gasteiger partial charge in [0.2, 0.25) is 0 Å². The van der Waals surface area contributed by atoms with Crippen LogP contribution < -0.4 is 4.80 Å². The van der Waals surface area contributed by atoms with E-state index >= 15 is 0 Å². The van der Waals surface area contributed by atoms with Crippen molar-refractivity contribution in [2.45, 2.75) is 6.54 Å². The Balaban J connectivity index is 1.91. The summed E-state index contributed by atoms with van der Waals surface area (Å²) < 4.78 is 2.80. The van der Waals surface area contributed by atoms with Crippen LogP contribution in [-0.4, -0.2) is 15.4 Å². The average molecular weight is 393 g/mol. The summed E-state index contributed by atoms with van der Waals surface area (Å²) in [5, 5.41) is 12.9. The highest BCUT2D eigenvalue weighted by atomic mass is 32.1. The molecule has 27 heavy (non-hydrogen) atoms. The molecule has 0 unspecified atom stereocenters. The molecule has 4 aromatic rings. The predicted molar refractivity (Wildman–Crippen MR) is 107 cm³/mol. The topological polar surface area (TPSA) is 77.5 Å². The number of carbonyl (C=O) groups is 1. The first kappa shape index (κ1) is 17.1. The monoisotopic (exact) mass is 393 g/mol. The van der Waals surface area contributed by atoms with Crippen LogP contribution in [0.2, 0.25) is 0 Å². The van der Waals surface area contributed by atoms with Crippen LogP contribution in [0, 0.1) is 22.5 Å². The van der Waals surface area contributed by atoms with Gasteiger partial charge in [-0.2, -0.15) is 4.99 Å².